The first-order chi connectivity index (χ1) is 10.5. The van der Waals surface area contributed by atoms with Crippen LogP contribution in [0.15, 0.2) is 0 Å². The first-order valence-electron chi connectivity index (χ1n) is 9.66. The fourth-order valence-corrected chi connectivity index (χ4v) is 3.13. The van der Waals surface area contributed by atoms with E-state index in [0.29, 0.717) is 6.42 Å². The Morgan fingerprint density at radius 2 is 1.00 bits per heavy atom. The second kappa shape index (κ2) is 6.87. The lowest BCUT2D eigenvalue weighted by atomic mass is 9.63. The monoisotopic (exact) mass is 354 g/mol. The molecule has 0 aliphatic rings. The molecule has 0 saturated heterocycles. The quantitative estimate of drug-likeness (QED) is 0.659. The van der Waals surface area contributed by atoms with Crippen molar-refractivity contribution in [2.24, 2.45) is 27.4 Å². The standard InChI is InChI=1S/C22H46N2O/c1-17(2,3)19(7,8)14-21(11,12)24-16(25)22(13,23)15-20(9,10)18(4,5)6/h14-15,23H2,1-13H3,(H,24,25). The van der Waals surface area contributed by atoms with Crippen molar-refractivity contribution < 1.29 is 4.79 Å². The Balaban J connectivity index is 5.24. The Morgan fingerprint density at radius 3 is 1.32 bits per heavy atom. The summed E-state index contributed by atoms with van der Waals surface area (Å²) in [5.74, 6) is -0.0560. The van der Waals surface area contributed by atoms with Crippen LogP contribution >= 0.6 is 0 Å². The van der Waals surface area contributed by atoms with Gasteiger partial charge in [-0.2, -0.15) is 0 Å². The van der Waals surface area contributed by atoms with Crippen LogP contribution in [0.4, 0.5) is 0 Å². The van der Waals surface area contributed by atoms with E-state index in [2.05, 4.69) is 88.4 Å². The van der Waals surface area contributed by atoms with Gasteiger partial charge in [0.15, 0.2) is 0 Å². The number of rotatable bonds is 6. The zero-order valence-corrected chi connectivity index (χ0v) is 19.4. The van der Waals surface area contributed by atoms with Gasteiger partial charge < -0.3 is 11.1 Å². The van der Waals surface area contributed by atoms with Gasteiger partial charge in [0.1, 0.15) is 0 Å². The summed E-state index contributed by atoms with van der Waals surface area (Å²) in [6.45, 7) is 28.4. The summed E-state index contributed by atoms with van der Waals surface area (Å²) in [5, 5.41) is 3.23. The Kier molecular flexibility index (Phi) is 6.71. The van der Waals surface area contributed by atoms with Crippen molar-refractivity contribution in [3.05, 3.63) is 0 Å². The van der Waals surface area contributed by atoms with Gasteiger partial charge in [-0.3, -0.25) is 4.79 Å². The lowest BCUT2D eigenvalue weighted by Crippen LogP contribution is -2.60. The second-order valence-corrected chi connectivity index (χ2v) is 12.4. The van der Waals surface area contributed by atoms with E-state index in [-0.39, 0.29) is 33.1 Å². The number of carbonyl (C=O) groups is 1. The van der Waals surface area contributed by atoms with Crippen LogP contribution in [0.25, 0.3) is 0 Å². The van der Waals surface area contributed by atoms with Gasteiger partial charge in [0, 0.05) is 5.54 Å². The molecule has 0 heterocycles. The molecule has 1 amide bonds. The molecular weight excluding hydrogens is 308 g/mol. The van der Waals surface area contributed by atoms with Gasteiger partial charge in [0.05, 0.1) is 5.54 Å². The molecule has 0 aromatic rings. The predicted molar refractivity (Wildman–Crippen MR) is 111 cm³/mol. The maximum atomic E-state index is 13.0. The van der Waals surface area contributed by atoms with Crippen LogP contribution in [-0.4, -0.2) is 17.0 Å². The first kappa shape index (κ1) is 24.4. The summed E-state index contributed by atoms with van der Waals surface area (Å²) in [7, 11) is 0. The van der Waals surface area contributed by atoms with Crippen LogP contribution in [0.5, 0.6) is 0 Å². The Labute approximate surface area is 157 Å². The fourth-order valence-electron chi connectivity index (χ4n) is 3.13. The molecule has 1 atom stereocenters. The number of carbonyl (C=O) groups excluding carboxylic acids is 1. The minimum atomic E-state index is -0.889. The van der Waals surface area contributed by atoms with Gasteiger partial charge in [-0.05, 0) is 55.3 Å². The average molecular weight is 355 g/mol. The maximum absolute atomic E-state index is 13.0. The van der Waals surface area contributed by atoms with Crippen molar-refractivity contribution in [2.45, 2.75) is 114 Å². The van der Waals surface area contributed by atoms with E-state index in [1.54, 1.807) is 0 Å². The molecule has 0 saturated carbocycles. The summed E-state index contributed by atoms with van der Waals surface area (Å²) in [5.41, 5.74) is 5.59. The van der Waals surface area contributed by atoms with Crippen molar-refractivity contribution in [1.82, 2.24) is 5.32 Å². The van der Waals surface area contributed by atoms with Gasteiger partial charge in [0.25, 0.3) is 0 Å². The van der Waals surface area contributed by atoms with Crippen LogP contribution in [0.1, 0.15) is 103 Å². The number of nitrogens with one attached hydrogen (secondary N) is 1. The summed E-state index contributed by atoms with van der Waals surface area (Å²) in [4.78, 5) is 13.0. The third-order valence-corrected chi connectivity index (χ3v) is 6.72. The summed E-state index contributed by atoms with van der Waals surface area (Å²) >= 11 is 0. The molecule has 3 nitrogen and oxygen atoms in total. The number of nitrogens with two attached hydrogens (primary N) is 1. The third-order valence-electron chi connectivity index (χ3n) is 6.72. The van der Waals surface area contributed by atoms with E-state index in [0.717, 1.165) is 6.42 Å². The van der Waals surface area contributed by atoms with Gasteiger partial charge in [-0.25, -0.2) is 0 Å². The molecule has 0 aromatic heterocycles. The van der Waals surface area contributed by atoms with E-state index in [1.165, 1.54) is 0 Å². The van der Waals surface area contributed by atoms with E-state index in [9.17, 15) is 4.79 Å². The Hall–Kier alpha value is -0.570. The zero-order chi connectivity index (χ0) is 20.7. The van der Waals surface area contributed by atoms with Gasteiger partial charge in [0.2, 0.25) is 5.91 Å². The van der Waals surface area contributed by atoms with Crippen molar-refractivity contribution in [2.75, 3.05) is 0 Å². The lowest BCUT2D eigenvalue weighted by Gasteiger charge is -2.46. The molecule has 0 spiro atoms. The zero-order valence-electron chi connectivity index (χ0n) is 19.4. The highest BCUT2D eigenvalue weighted by Crippen LogP contribution is 2.45. The highest BCUT2D eigenvalue weighted by Gasteiger charge is 2.44. The van der Waals surface area contributed by atoms with Crippen LogP contribution in [0.2, 0.25) is 0 Å². The summed E-state index contributed by atoms with van der Waals surface area (Å²) in [6.07, 6.45) is 1.54. The number of hydrogen-bond acceptors (Lipinski definition) is 2. The van der Waals surface area contributed by atoms with Crippen LogP contribution in [-0.2, 0) is 4.79 Å². The molecule has 150 valence electrons. The summed E-state index contributed by atoms with van der Waals surface area (Å²) in [6, 6.07) is 0. The minimum Gasteiger partial charge on any atom is -0.350 e. The molecule has 0 aliphatic heterocycles. The third kappa shape index (κ3) is 6.58. The maximum Gasteiger partial charge on any atom is 0.240 e. The van der Waals surface area contributed by atoms with Crippen molar-refractivity contribution in [3.8, 4) is 0 Å². The van der Waals surface area contributed by atoms with E-state index in [4.69, 9.17) is 5.73 Å². The first-order valence-corrected chi connectivity index (χ1v) is 9.66. The molecule has 0 fully saturated rings. The highest BCUT2D eigenvalue weighted by atomic mass is 16.2. The largest absolute Gasteiger partial charge is 0.350 e. The van der Waals surface area contributed by atoms with E-state index in [1.807, 2.05) is 6.92 Å². The number of hydrogen-bond donors (Lipinski definition) is 2. The normalized spacial score (nSPS) is 17.2. The molecule has 25 heavy (non-hydrogen) atoms. The Bertz CT molecular complexity index is 471. The van der Waals surface area contributed by atoms with Crippen molar-refractivity contribution >= 4 is 5.91 Å². The molecule has 3 N–H and O–H groups in total. The molecule has 0 aromatic carbocycles. The van der Waals surface area contributed by atoms with Gasteiger partial charge in [-0.1, -0.05) is 69.2 Å². The fraction of sp³-hybridized carbons (Fsp3) is 0.955. The van der Waals surface area contributed by atoms with Crippen molar-refractivity contribution in [3.63, 3.8) is 0 Å². The molecule has 0 radical (unpaired) electrons. The van der Waals surface area contributed by atoms with E-state index < -0.39 is 5.54 Å². The van der Waals surface area contributed by atoms with Gasteiger partial charge in [-0.15, -0.1) is 0 Å². The molecule has 0 bridgehead atoms. The SMILES string of the molecule is CC(C)(CC(C)(C)C(C)(C)C)NC(=O)C(C)(N)CC(C)(C)C(C)(C)C. The van der Waals surface area contributed by atoms with Crippen molar-refractivity contribution in [1.29, 1.82) is 0 Å². The molecule has 1 unspecified atom stereocenters. The highest BCUT2D eigenvalue weighted by molar-refractivity contribution is 5.86. The molecular formula is C22H46N2O. The lowest BCUT2D eigenvalue weighted by molar-refractivity contribution is -0.129. The summed E-state index contributed by atoms with van der Waals surface area (Å²) < 4.78 is 0. The van der Waals surface area contributed by atoms with E-state index >= 15 is 0 Å². The van der Waals surface area contributed by atoms with Crippen LogP contribution in [0, 0.1) is 21.7 Å². The minimum absolute atomic E-state index is 0.0390. The molecule has 0 rings (SSSR count). The van der Waals surface area contributed by atoms with Crippen LogP contribution < -0.4 is 11.1 Å². The topological polar surface area (TPSA) is 55.1 Å². The van der Waals surface area contributed by atoms with Gasteiger partial charge >= 0.3 is 0 Å². The smallest absolute Gasteiger partial charge is 0.240 e. The van der Waals surface area contributed by atoms with Crippen LogP contribution in [0.3, 0.4) is 0 Å². The molecule has 0 aliphatic carbocycles. The predicted octanol–water partition coefficient (Wildman–Crippen LogP) is 5.52. The average Bonchev–Trinajstić information content (AvgIpc) is 2.21. The Morgan fingerprint density at radius 1 is 0.680 bits per heavy atom. The molecule has 3 heteroatoms. The number of amides is 1. The second-order valence-electron chi connectivity index (χ2n) is 12.4.